The molecule has 0 aromatic heterocycles. The number of amides is 14. The fourth-order valence-electron chi connectivity index (χ4n) is 12.3. The third kappa shape index (κ3) is 19.5. The van der Waals surface area contributed by atoms with Gasteiger partial charge in [-0.15, -0.1) is 35.4 Å². The first-order valence-electron chi connectivity index (χ1n) is 35.4. The largest absolute Gasteiger partial charge is 0.289 e. The molecule has 0 fully saturated rings. The van der Waals surface area contributed by atoms with E-state index in [1.165, 1.54) is 45.6 Å². The number of imide groups is 7. The highest BCUT2D eigenvalue weighted by Gasteiger charge is 2.50. The first-order chi connectivity index (χ1) is 62.7. The summed E-state index contributed by atoms with van der Waals surface area (Å²) in [5.41, 5.74) is -1.79. The second kappa shape index (κ2) is 43.0. The second-order valence-corrected chi connectivity index (χ2v) is 33.8. The Balaban J connectivity index is 0.000000150. The van der Waals surface area contributed by atoms with Crippen molar-refractivity contribution in [3.05, 3.63) is 335 Å². The molecule has 14 amide bonds. The standard InChI is InChI=1S/C15H7Cl4NO3.C15H9Cl2NO3.C15H7F4NO3.C9H3Br4NO3.C9H3Cl4NO3.C9H5Cl2NO3.C9H3F4NO3/c16-10-8-9(11(17)13(19)12(10)18)15(22)20(14(8)21)23-6-7-4-2-1-3-5-7;16-10-6-7-11(17)13-12(10)14(19)18(15(13)20)21-8-9-4-2-1-3-5-9;16-10-8-9(11(17)13(19)12(10)18)15(22)20(14(8)21)23-6-7-4-2-1-3-5-7;2*1-17-14-8(15)2-3(9(14)16)5(11)7(13)6(12)4(2)10;1-15-12-8(13)4-2-6(10)7(11)3-5(4)9(12)14;1-17-14-8(15)2-3(9(14)16)5(11)7(13)6(12)4(2)10/h1-5H,6H2;1-7H,8H2;1-5H,6H2;2*1H3;2-3H,1H3;1H3. The Morgan fingerprint density at radius 1 is 0.226 bits per heavy atom. The minimum atomic E-state index is -2.16. The van der Waals surface area contributed by atoms with E-state index in [2.05, 4.69) is 78.2 Å². The second-order valence-electron chi connectivity index (χ2n) is 26.0. The van der Waals surface area contributed by atoms with Crippen LogP contribution in [-0.2, 0) is 53.7 Å². The smallest absolute Gasteiger partial charge is 0.266 e. The van der Waals surface area contributed by atoms with Crippen LogP contribution in [0, 0.1) is 46.5 Å². The van der Waals surface area contributed by atoms with Crippen LogP contribution in [0.1, 0.15) is 162 Å². The average Bonchev–Trinajstić information content (AvgIpc) is 1.61. The predicted molar refractivity (Wildman–Crippen MR) is 471 cm³/mol. The summed E-state index contributed by atoms with van der Waals surface area (Å²) in [6.07, 6.45) is 0. The Kier molecular flexibility index (Phi) is 33.7. The quantitative estimate of drug-likeness (QED) is 0.0448. The monoisotopic (exact) mass is 2330 g/mol. The number of benzene rings is 10. The number of nitrogens with zero attached hydrogens (tertiary/aromatic N) is 7. The van der Waals surface area contributed by atoms with Gasteiger partial charge < -0.3 is 0 Å². The van der Waals surface area contributed by atoms with Gasteiger partial charge in [-0.3, -0.25) is 101 Å². The zero-order valence-corrected chi connectivity index (χ0v) is 80.8. The van der Waals surface area contributed by atoms with E-state index < -0.39 is 151 Å². The lowest BCUT2D eigenvalue weighted by Crippen LogP contribution is -2.30. The van der Waals surface area contributed by atoms with Crippen LogP contribution in [0.2, 0.25) is 60.3 Å². The molecule has 0 bridgehead atoms. The molecule has 0 saturated carbocycles. The Morgan fingerprint density at radius 3 is 0.654 bits per heavy atom. The minimum Gasteiger partial charge on any atom is -0.266 e. The van der Waals surface area contributed by atoms with E-state index in [1.807, 2.05) is 48.5 Å². The molecular formula is C81H37Br4Cl12F8N7O21. The summed E-state index contributed by atoms with van der Waals surface area (Å²) in [7, 11) is 4.58. The molecule has 133 heavy (non-hydrogen) atoms. The van der Waals surface area contributed by atoms with Gasteiger partial charge in [0.2, 0.25) is 0 Å². The van der Waals surface area contributed by atoms with E-state index in [4.69, 9.17) is 159 Å². The topological polar surface area (TPSA) is 326 Å². The highest BCUT2D eigenvalue weighted by Crippen LogP contribution is 2.49. The Hall–Kier alpha value is -9.26. The fraction of sp³-hybridized carbons (Fsp3) is 0.0864. The number of hydrogen-bond donors (Lipinski definition) is 0. The maximum absolute atomic E-state index is 13.7. The van der Waals surface area contributed by atoms with Gasteiger partial charge in [-0.25, -0.2) is 35.1 Å². The van der Waals surface area contributed by atoms with Gasteiger partial charge in [0.15, 0.2) is 46.5 Å². The Bertz CT molecular complexity index is 6070. The van der Waals surface area contributed by atoms with Gasteiger partial charge in [-0.05, 0) is 105 Å². The first kappa shape index (κ1) is 104. The Labute approximate surface area is 832 Å². The molecule has 10 aromatic rings. The average molecular weight is 2340 g/mol. The molecule has 0 aliphatic carbocycles. The molecule has 0 radical (unpaired) electrons. The van der Waals surface area contributed by atoms with Crippen molar-refractivity contribution in [1.29, 1.82) is 0 Å². The van der Waals surface area contributed by atoms with Crippen LogP contribution in [-0.4, -0.2) is 147 Å². The highest BCUT2D eigenvalue weighted by molar-refractivity contribution is 9.15. The number of carbonyl (C=O) groups excluding carboxylic acids is 14. The lowest BCUT2D eigenvalue weighted by atomic mass is 10.1. The minimum absolute atomic E-state index is 0.00963. The van der Waals surface area contributed by atoms with E-state index in [0.29, 0.717) is 43.7 Å². The van der Waals surface area contributed by atoms with Crippen molar-refractivity contribution in [3.8, 4) is 0 Å². The molecule has 690 valence electrons. The number of rotatable bonds is 13. The molecule has 28 nitrogen and oxygen atoms in total. The van der Waals surface area contributed by atoms with Gasteiger partial charge in [0, 0.05) is 17.9 Å². The van der Waals surface area contributed by atoms with Gasteiger partial charge in [-0.1, -0.05) is 230 Å². The SMILES string of the molecule is CON1C(=O)c2c(Br)c(Br)c(Br)c(Br)c2C1=O.CON1C(=O)c2c(Cl)c(Cl)c(Cl)c(Cl)c2C1=O.CON1C(=O)c2c(F)c(F)c(F)c(F)c2C1=O.CON1C(=O)c2cc(Cl)c(Cl)cc2C1=O.O=C1c2c(Cl)c(Cl)c(Cl)c(Cl)c2C(=O)N1OCc1ccccc1.O=C1c2c(Cl)ccc(Cl)c2C(=O)N1OCc1ccccc1.O=C1c2c(F)c(F)c(F)c(F)c2C(=O)N1OCc1ccccc1. The summed E-state index contributed by atoms with van der Waals surface area (Å²) in [6, 6.07) is 32.3. The first-order valence-corrected chi connectivity index (χ1v) is 43.1. The normalized spacial score (nSPS) is 14.1. The summed E-state index contributed by atoms with van der Waals surface area (Å²) in [5.74, 6) is -28.0. The fourth-order valence-corrected chi connectivity index (χ4v) is 17.6. The number of carbonyl (C=O) groups is 14. The molecular weight excluding hydrogens is 2300 g/mol. The molecule has 0 atom stereocenters. The van der Waals surface area contributed by atoms with E-state index in [9.17, 15) is 102 Å². The van der Waals surface area contributed by atoms with Crippen LogP contribution >= 0.6 is 203 Å². The van der Waals surface area contributed by atoms with Crippen molar-refractivity contribution in [2.75, 3.05) is 28.4 Å². The summed E-state index contributed by atoms with van der Waals surface area (Å²) in [6.45, 7) is -0.120. The zero-order chi connectivity index (χ0) is 98.3. The van der Waals surface area contributed by atoms with E-state index >= 15 is 0 Å². The third-order valence-corrected chi connectivity index (χ3v) is 28.2. The molecule has 0 unspecified atom stereocenters. The lowest BCUT2D eigenvalue weighted by Gasteiger charge is -2.13. The van der Waals surface area contributed by atoms with Crippen LogP contribution < -0.4 is 0 Å². The molecule has 0 N–H and O–H groups in total. The molecule has 17 rings (SSSR count). The molecule has 0 spiro atoms. The molecule has 10 aromatic carbocycles. The lowest BCUT2D eigenvalue weighted by molar-refractivity contribution is -0.101. The maximum Gasteiger partial charge on any atom is 0.289 e. The van der Waals surface area contributed by atoms with E-state index in [1.54, 1.807) is 42.5 Å². The summed E-state index contributed by atoms with van der Waals surface area (Å²) >= 11 is 83.9. The third-order valence-electron chi connectivity index (χ3n) is 18.4. The van der Waals surface area contributed by atoms with Crippen molar-refractivity contribution >= 4 is 286 Å². The van der Waals surface area contributed by atoms with Crippen LogP contribution in [0.25, 0.3) is 0 Å². The van der Waals surface area contributed by atoms with Crippen molar-refractivity contribution in [2.24, 2.45) is 0 Å². The van der Waals surface area contributed by atoms with Gasteiger partial charge in [0.05, 0.1) is 167 Å². The summed E-state index contributed by atoms with van der Waals surface area (Å²) < 4.78 is 108. The van der Waals surface area contributed by atoms with Crippen LogP contribution in [0.4, 0.5) is 35.1 Å². The summed E-state index contributed by atoms with van der Waals surface area (Å²) in [5, 5.41) is 3.37. The summed E-state index contributed by atoms with van der Waals surface area (Å²) in [4.78, 5) is 201. The van der Waals surface area contributed by atoms with E-state index in [0.717, 1.165) is 23.3 Å². The van der Waals surface area contributed by atoms with Gasteiger partial charge >= 0.3 is 0 Å². The molecule has 52 heteroatoms. The van der Waals surface area contributed by atoms with Crippen LogP contribution in [0.3, 0.4) is 0 Å². The van der Waals surface area contributed by atoms with Crippen LogP contribution in [0.15, 0.2) is 133 Å². The van der Waals surface area contributed by atoms with E-state index in [-0.39, 0.29) is 146 Å². The highest BCUT2D eigenvalue weighted by atomic mass is 79.9. The molecule has 7 aliphatic rings. The molecule has 0 saturated heterocycles. The van der Waals surface area contributed by atoms with Crippen LogP contribution in [0.5, 0.6) is 0 Å². The van der Waals surface area contributed by atoms with Gasteiger partial charge in [0.1, 0.15) is 19.8 Å². The maximum atomic E-state index is 13.7. The van der Waals surface area contributed by atoms with Crippen molar-refractivity contribution in [3.63, 3.8) is 0 Å². The van der Waals surface area contributed by atoms with Crippen molar-refractivity contribution in [2.45, 2.75) is 19.8 Å². The zero-order valence-electron chi connectivity index (χ0n) is 65.4. The number of hydrogen-bond acceptors (Lipinski definition) is 21. The number of halogens is 24. The number of hydroxylamine groups is 14. The Morgan fingerprint density at radius 2 is 0.421 bits per heavy atom. The molecule has 7 heterocycles. The molecule has 7 aliphatic heterocycles. The number of fused-ring (bicyclic) bond motifs is 7. The predicted octanol–water partition coefficient (Wildman–Crippen LogP) is 22.6. The van der Waals surface area contributed by atoms with Crippen molar-refractivity contribution in [1.82, 2.24) is 35.4 Å². The van der Waals surface area contributed by atoms with Crippen molar-refractivity contribution < 1.29 is 136 Å². The van der Waals surface area contributed by atoms with Gasteiger partial charge in [-0.2, -0.15) is 0 Å². The van der Waals surface area contributed by atoms with Gasteiger partial charge in [0.25, 0.3) is 82.7 Å².